The zero-order chi connectivity index (χ0) is 19.4. The molecule has 5 rings (SSSR count). The predicted octanol–water partition coefficient (Wildman–Crippen LogP) is 3.73. The first kappa shape index (κ1) is 17.0. The number of amides is 2. The van der Waals surface area contributed by atoms with Crippen LogP contribution in [0, 0.1) is 13.8 Å². The lowest BCUT2D eigenvalue weighted by atomic mass is 10.1. The minimum Gasteiger partial charge on any atom is -0.326 e. The zero-order valence-corrected chi connectivity index (χ0v) is 16.0. The van der Waals surface area contributed by atoms with Gasteiger partial charge in [0.25, 0.3) is 5.91 Å². The van der Waals surface area contributed by atoms with Crippen LogP contribution in [0.4, 0.5) is 11.6 Å². The van der Waals surface area contributed by atoms with Gasteiger partial charge >= 0.3 is 0 Å². The van der Waals surface area contributed by atoms with E-state index in [0.29, 0.717) is 5.95 Å². The molecule has 6 heteroatoms. The normalized spacial score (nSPS) is 18.6. The van der Waals surface area contributed by atoms with Crippen LogP contribution in [0.25, 0.3) is 11.0 Å². The number of benzene rings is 2. The standard InChI is InChI=1S/C22H22N4O2/c1-13-7-10-16(14(2)11-13)23-20(27)12-19-21(28)25(15-8-9-15)22-24-17-5-3-4-6-18(17)26(19)22/h3-7,10-11,15,19H,8-9,12H2,1-2H3,(H,23,27). The minimum atomic E-state index is -0.547. The number of carbonyl (C=O) groups excluding carboxylic acids is 2. The summed E-state index contributed by atoms with van der Waals surface area (Å²) in [5.74, 6) is 0.497. The molecule has 0 bridgehead atoms. The maximum atomic E-state index is 13.1. The average Bonchev–Trinajstić information content (AvgIpc) is 3.37. The fraction of sp³-hybridized carbons (Fsp3) is 0.318. The topological polar surface area (TPSA) is 67.2 Å². The molecule has 1 aromatic heterocycles. The van der Waals surface area contributed by atoms with E-state index < -0.39 is 6.04 Å². The first-order valence-electron chi connectivity index (χ1n) is 9.70. The lowest BCUT2D eigenvalue weighted by molar-refractivity contribution is -0.124. The highest BCUT2D eigenvalue weighted by Gasteiger charge is 2.47. The van der Waals surface area contributed by atoms with Gasteiger partial charge in [-0.2, -0.15) is 0 Å². The van der Waals surface area contributed by atoms with Crippen molar-refractivity contribution in [3.05, 3.63) is 53.6 Å². The molecule has 142 valence electrons. The van der Waals surface area contributed by atoms with E-state index in [0.717, 1.165) is 40.7 Å². The van der Waals surface area contributed by atoms with Gasteiger partial charge in [-0.3, -0.25) is 19.1 Å². The highest BCUT2D eigenvalue weighted by molar-refractivity contribution is 6.05. The summed E-state index contributed by atoms with van der Waals surface area (Å²) in [5, 5.41) is 2.97. The quantitative estimate of drug-likeness (QED) is 0.757. The van der Waals surface area contributed by atoms with E-state index in [1.165, 1.54) is 0 Å². The van der Waals surface area contributed by atoms with E-state index in [4.69, 9.17) is 0 Å². The van der Waals surface area contributed by atoms with Crippen molar-refractivity contribution in [2.75, 3.05) is 10.2 Å². The Bertz CT molecular complexity index is 1110. The van der Waals surface area contributed by atoms with Gasteiger partial charge in [0.1, 0.15) is 6.04 Å². The Kier molecular flexibility index (Phi) is 3.75. The summed E-state index contributed by atoms with van der Waals surface area (Å²) in [6.45, 7) is 3.99. The molecule has 2 amide bonds. The van der Waals surface area contributed by atoms with Gasteiger partial charge in [-0.15, -0.1) is 0 Å². The molecule has 2 aliphatic rings. The van der Waals surface area contributed by atoms with Crippen LogP contribution in [0.3, 0.4) is 0 Å². The third-order valence-corrected chi connectivity index (χ3v) is 5.57. The molecular weight excluding hydrogens is 352 g/mol. The van der Waals surface area contributed by atoms with Crippen LogP contribution in [0.15, 0.2) is 42.5 Å². The van der Waals surface area contributed by atoms with Crippen LogP contribution in [-0.4, -0.2) is 27.4 Å². The lowest BCUT2D eigenvalue weighted by Crippen LogP contribution is -2.33. The molecule has 6 nitrogen and oxygen atoms in total. The fourth-order valence-corrected chi connectivity index (χ4v) is 4.06. The van der Waals surface area contributed by atoms with Gasteiger partial charge in [0.05, 0.1) is 17.5 Å². The Morgan fingerprint density at radius 3 is 2.71 bits per heavy atom. The second-order valence-corrected chi connectivity index (χ2v) is 7.80. The summed E-state index contributed by atoms with van der Waals surface area (Å²) in [6.07, 6.45) is 2.09. The number of carbonyl (C=O) groups is 2. The average molecular weight is 374 g/mol. The molecule has 1 N–H and O–H groups in total. The Hall–Kier alpha value is -3.15. The largest absolute Gasteiger partial charge is 0.326 e. The van der Waals surface area contributed by atoms with Gasteiger partial charge in [-0.1, -0.05) is 29.8 Å². The summed E-state index contributed by atoms with van der Waals surface area (Å²) >= 11 is 0. The first-order chi connectivity index (χ1) is 13.5. The van der Waals surface area contributed by atoms with Gasteiger partial charge in [0.15, 0.2) is 0 Å². The third kappa shape index (κ3) is 2.68. The number of nitrogens with zero attached hydrogens (tertiary/aromatic N) is 3. The van der Waals surface area contributed by atoms with Crippen molar-refractivity contribution >= 4 is 34.5 Å². The van der Waals surface area contributed by atoms with Crippen molar-refractivity contribution in [1.82, 2.24) is 9.55 Å². The summed E-state index contributed by atoms with van der Waals surface area (Å²) < 4.78 is 1.94. The summed E-state index contributed by atoms with van der Waals surface area (Å²) in [7, 11) is 0. The summed E-state index contributed by atoms with van der Waals surface area (Å²) in [5.41, 5.74) is 4.71. The molecule has 3 aromatic rings. The first-order valence-corrected chi connectivity index (χ1v) is 9.70. The fourth-order valence-electron chi connectivity index (χ4n) is 4.06. The van der Waals surface area contributed by atoms with Crippen LogP contribution < -0.4 is 10.2 Å². The van der Waals surface area contributed by atoms with Crippen LogP contribution in [0.1, 0.15) is 36.4 Å². The van der Waals surface area contributed by atoms with Crippen LogP contribution in [0.5, 0.6) is 0 Å². The van der Waals surface area contributed by atoms with Crippen molar-refractivity contribution in [3.63, 3.8) is 0 Å². The number of aromatic nitrogens is 2. The molecule has 1 unspecified atom stereocenters. The molecule has 1 aliphatic heterocycles. The van der Waals surface area contributed by atoms with Gasteiger partial charge < -0.3 is 5.32 Å². The van der Waals surface area contributed by atoms with Gasteiger partial charge in [0, 0.05) is 11.7 Å². The number of fused-ring (bicyclic) bond motifs is 3. The number of aryl methyl sites for hydroxylation is 2. The molecule has 1 fully saturated rings. The number of hydrogen-bond donors (Lipinski definition) is 1. The highest BCUT2D eigenvalue weighted by atomic mass is 16.2. The molecule has 28 heavy (non-hydrogen) atoms. The molecule has 0 spiro atoms. The lowest BCUT2D eigenvalue weighted by Gasteiger charge is -2.15. The number of nitrogens with one attached hydrogen (secondary N) is 1. The third-order valence-electron chi connectivity index (χ3n) is 5.57. The van der Waals surface area contributed by atoms with Crippen LogP contribution >= 0.6 is 0 Å². The van der Waals surface area contributed by atoms with Crippen molar-refractivity contribution in [2.45, 2.75) is 45.2 Å². The predicted molar refractivity (Wildman–Crippen MR) is 108 cm³/mol. The van der Waals surface area contributed by atoms with E-state index in [1.807, 2.05) is 60.9 Å². The van der Waals surface area contributed by atoms with E-state index in [-0.39, 0.29) is 24.3 Å². The van der Waals surface area contributed by atoms with Gasteiger partial charge in [-0.25, -0.2) is 4.98 Å². The van der Waals surface area contributed by atoms with E-state index in [1.54, 1.807) is 4.90 Å². The molecule has 2 heterocycles. The molecule has 0 radical (unpaired) electrons. The Morgan fingerprint density at radius 2 is 1.96 bits per heavy atom. The monoisotopic (exact) mass is 374 g/mol. The van der Waals surface area contributed by atoms with E-state index in [2.05, 4.69) is 10.3 Å². The van der Waals surface area contributed by atoms with E-state index in [9.17, 15) is 9.59 Å². The Morgan fingerprint density at radius 1 is 1.18 bits per heavy atom. The summed E-state index contributed by atoms with van der Waals surface area (Å²) in [6, 6.07) is 13.4. The highest BCUT2D eigenvalue weighted by Crippen LogP contribution is 2.42. The van der Waals surface area contributed by atoms with Gasteiger partial charge in [-0.05, 0) is 50.5 Å². The molecule has 2 aromatic carbocycles. The molecular formula is C22H22N4O2. The van der Waals surface area contributed by atoms with Crippen LogP contribution in [0.2, 0.25) is 0 Å². The Balaban J connectivity index is 1.46. The van der Waals surface area contributed by atoms with Crippen molar-refractivity contribution in [2.24, 2.45) is 0 Å². The number of para-hydroxylation sites is 2. The Labute approximate surface area is 163 Å². The molecule has 1 aliphatic carbocycles. The smallest absolute Gasteiger partial charge is 0.253 e. The maximum absolute atomic E-state index is 13.1. The van der Waals surface area contributed by atoms with Crippen LogP contribution in [-0.2, 0) is 9.59 Å². The number of hydrogen-bond acceptors (Lipinski definition) is 3. The SMILES string of the molecule is Cc1ccc(NC(=O)CC2C(=O)N(C3CC3)c3nc4ccccc4n32)c(C)c1. The number of anilines is 2. The molecule has 0 saturated heterocycles. The van der Waals surface area contributed by atoms with Crippen molar-refractivity contribution < 1.29 is 9.59 Å². The minimum absolute atomic E-state index is 0.0217. The zero-order valence-electron chi connectivity index (χ0n) is 16.0. The second-order valence-electron chi connectivity index (χ2n) is 7.80. The second kappa shape index (κ2) is 6.19. The van der Waals surface area contributed by atoms with Crippen molar-refractivity contribution in [1.29, 1.82) is 0 Å². The maximum Gasteiger partial charge on any atom is 0.253 e. The summed E-state index contributed by atoms with van der Waals surface area (Å²) in [4.78, 5) is 32.4. The van der Waals surface area contributed by atoms with Gasteiger partial charge in [0.2, 0.25) is 11.9 Å². The molecule has 1 atom stereocenters. The molecule has 1 saturated carbocycles. The number of imidazole rings is 1. The number of rotatable bonds is 4. The van der Waals surface area contributed by atoms with E-state index >= 15 is 0 Å². The van der Waals surface area contributed by atoms with Crippen molar-refractivity contribution in [3.8, 4) is 0 Å².